The van der Waals surface area contributed by atoms with Crippen LogP contribution in [0.25, 0.3) is 0 Å². The number of amides is 3. The number of fused-ring (bicyclic) bond motifs is 2. The van der Waals surface area contributed by atoms with Crippen LogP contribution in [0.1, 0.15) is 51.7 Å². The molecule has 8 heteroatoms. The average molecular weight is 550 g/mol. The van der Waals surface area contributed by atoms with Crippen LogP contribution in [0.3, 0.4) is 0 Å². The van der Waals surface area contributed by atoms with E-state index in [4.69, 9.17) is 4.74 Å². The van der Waals surface area contributed by atoms with E-state index in [1.54, 1.807) is 9.80 Å². The number of likely N-dealkylation sites (tertiary alicyclic amines) is 1. The molecule has 5 rings (SSSR count). The molecule has 1 aromatic rings. The van der Waals surface area contributed by atoms with Gasteiger partial charge >= 0.3 is 0 Å². The minimum atomic E-state index is -1.34. The lowest BCUT2D eigenvalue weighted by Gasteiger charge is -2.42. The van der Waals surface area contributed by atoms with Crippen molar-refractivity contribution in [1.82, 2.24) is 9.80 Å². The highest BCUT2D eigenvalue weighted by Crippen LogP contribution is 2.59. The lowest BCUT2D eigenvalue weighted by molar-refractivity contribution is -0.153. The van der Waals surface area contributed by atoms with E-state index in [-0.39, 0.29) is 30.2 Å². The molecule has 40 heavy (non-hydrogen) atoms. The number of hydrogen-bond donors (Lipinski definition) is 1. The van der Waals surface area contributed by atoms with Crippen LogP contribution in [0.15, 0.2) is 42.5 Å². The van der Waals surface area contributed by atoms with Crippen molar-refractivity contribution in [2.75, 3.05) is 31.1 Å². The van der Waals surface area contributed by atoms with Gasteiger partial charge in [0, 0.05) is 25.3 Å². The molecule has 1 aromatic carbocycles. The quantitative estimate of drug-likeness (QED) is 0.527. The van der Waals surface area contributed by atoms with E-state index >= 15 is 0 Å². The first-order valence-corrected chi connectivity index (χ1v) is 14.7. The summed E-state index contributed by atoms with van der Waals surface area (Å²) in [6.45, 7) is 12.9. The second-order valence-corrected chi connectivity index (χ2v) is 12.1. The van der Waals surface area contributed by atoms with Crippen molar-refractivity contribution in [2.45, 2.75) is 77.7 Å². The highest BCUT2D eigenvalue weighted by molar-refractivity contribution is 6.06. The number of carbonyl (C=O) groups excluding carboxylic acids is 3. The van der Waals surface area contributed by atoms with Gasteiger partial charge in [-0.2, -0.15) is 0 Å². The summed E-state index contributed by atoms with van der Waals surface area (Å²) in [4.78, 5) is 48.8. The molecule has 1 unspecified atom stereocenters. The van der Waals surface area contributed by atoms with Crippen molar-refractivity contribution in [3.05, 3.63) is 53.6 Å². The Balaban J connectivity index is 1.72. The summed E-state index contributed by atoms with van der Waals surface area (Å²) in [5.74, 6) is -2.40. The third-order valence-electron chi connectivity index (χ3n) is 9.48. The molecule has 4 aliphatic rings. The summed E-state index contributed by atoms with van der Waals surface area (Å²) in [5, 5.41) is 10.5. The van der Waals surface area contributed by atoms with E-state index in [1.165, 1.54) is 0 Å². The summed E-state index contributed by atoms with van der Waals surface area (Å²) in [5.41, 5.74) is 0.400. The fourth-order valence-corrected chi connectivity index (χ4v) is 7.63. The molecule has 0 aromatic heterocycles. The van der Waals surface area contributed by atoms with Crippen LogP contribution in [0.4, 0.5) is 5.69 Å². The van der Waals surface area contributed by atoms with Crippen molar-refractivity contribution in [2.24, 2.45) is 17.8 Å². The van der Waals surface area contributed by atoms with Gasteiger partial charge in [0.15, 0.2) is 0 Å². The fraction of sp³-hybridized carbons (Fsp3) is 0.594. The zero-order chi connectivity index (χ0) is 29.0. The molecule has 0 radical (unpaired) electrons. The summed E-state index contributed by atoms with van der Waals surface area (Å²) in [7, 11) is 0. The third kappa shape index (κ3) is 3.97. The Hall–Kier alpha value is -2.97. The minimum absolute atomic E-state index is 0.105. The SMILES string of the molecule is CCCN1CC=C[C@]2(CC)O[C@]34C=CCN(c5c(C)cccc5C)C(=O)C3N([C@@H](CO)C(C)C)C(=O)[C@@H]4[C@@H]2C1=O. The smallest absolute Gasteiger partial charge is 0.253 e. The highest BCUT2D eigenvalue weighted by atomic mass is 16.5. The molecular formula is C32H43N3O5. The summed E-state index contributed by atoms with van der Waals surface area (Å²) in [6, 6.07) is 4.31. The molecule has 8 nitrogen and oxygen atoms in total. The minimum Gasteiger partial charge on any atom is -0.394 e. The largest absolute Gasteiger partial charge is 0.394 e. The van der Waals surface area contributed by atoms with Gasteiger partial charge in [0.05, 0.1) is 30.1 Å². The molecule has 0 bridgehead atoms. The van der Waals surface area contributed by atoms with E-state index in [1.807, 2.05) is 88.9 Å². The first kappa shape index (κ1) is 28.6. The Morgan fingerprint density at radius 1 is 0.975 bits per heavy atom. The molecule has 1 spiro atoms. The zero-order valence-electron chi connectivity index (χ0n) is 24.6. The highest BCUT2D eigenvalue weighted by Gasteiger charge is 2.76. The van der Waals surface area contributed by atoms with E-state index in [0.717, 1.165) is 23.2 Å². The molecule has 0 aliphatic carbocycles. The first-order valence-electron chi connectivity index (χ1n) is 14.7. The second kappa shape index (κ2) is 10.5. The average Bonchev–Trinajstić information content (AvgIpc) is 3.21. The maximum absolute atomic E-state index is 14.8. The number of anilines is 1. The van der Waals surface area contributed by atoms with Crippen molar-refractivity contribution in [3.63, 3.8) is 0 Å². The number of rotatable bonds is 7. The lowest BCUT2D eigenvalue weighted by atomic mass is 9.73. The Labute approximate surface area is 237 Å². The van der Waals surface area contributed by atoms with Crippen molar-refractivity contribution in [1.29, 1.82) is 0 Å². The van der Waals surface area contributed by atoms with Gasteiger partial charge in [0.25, 0.3) is 5.91 Å². The molecule has 6 atom stereocenters. The topological polar surface area (TPSA) is 90.4 Å². The predicted octanol–water partition coefficient (Wildman–Crippen LogP) is 3.39. The summed E-state index contributed by atoms with van der Waals surface area (Å²) >= 11 is 0. The van der Waals surface area contributed by atoms with Crippen LogP contribution >= 0.6 is 0 Å². The maximum atomic E-state index is 14.8. The van der Waals surface area contributed by atoms with Crippen LogP contribution in [0, 0.1) is 31.6 Å². The van der Waals surface area contributed by atoms with Gasteiger partial charge in [-0.1, -0.05) is 70.2 Å². The predicted molar refractivity (Wildman–Crippen MR) is 154 cm³/mol. The van der Waals surface area contributed by atoms with Crippen molar-refractivity contribution in [3.8, 4) is 0 Å². The van der Waals surface area contributed by atoms with Crippen molar-refractivity contribution < 1.29 is 24.2 Å². The summed E-state index contributed by atoms with van der Waals surface area (Å²) in [6.07, 6.45) is 9.04. The van der Waals surface area contributed by atoms with Crippen LogP contribution in [-0.4, -0.2) is 82.2 Å². The Morgan fingerprint density at radius 2 is 1.65 bits per heavy atom. The standard InChI is InChI=1S/C32H43N3O5/c1-7-16-33-17-10-14-31(8-2)24(28(33)37)25-29(38)35(23(19-36)20(3)4)27-30(39)34(18-11-15-32(25,27)40-31)26-21(5)12-9-13-22(26)6/h9-15,20,23-25,27,36H,7-8,16-19H2,1-6H3/t23-,24+,25-,27?,31-,32-/m0/s1. The third-order valence-corrected chi connectivity index (χ3v) is 9.48. The summed E-state index contributed by atoms with van der Waals surface area (Å²) < 4.78 is 7.05. The van der Waals surface area contributed by atoms with Crippen molar-refractivity contribution >= 4 is 23.4 Å². The van der Waals surface area contributed by atoms with E-state index < -0.39 is 35.1 Å². The van der Waals surface area contributed by atoms with Gasteiger partial charge < -0.3 is 24.5 Å². The fourth-order valence-electron chi connectivity index (χ4n) is 7.63. The number of nitrogens with zero attached hydrogens (tertiary/aromatic N) is 3. The van der Waals surface area contributed by atoms with Gasteiger partial charge in [-0.05, 0) is 43.7 Å². The molecule has 2 saturated heterocycles. The molecule has 0 saturated carbocycles. The number of aryl methyl sites for hydroxylation is 2. The monoisotopic (exact) mass is 549 g/mol. The molecule has 216 valence electrons. The van der Waals surface area contributed by atoms with Crippen LogP contribution < -0.4 is 4.90 Å². The number of aliphatic hydroxyl groups is 1. The first-order chi connectivity index (χ1) is 19.1. The number of carbonyl (C=O) groups is 3. The van der Waals surface area contributed by atoms with Gasteiger partial charge in [-0.25, -0.2) is 0 Å². The van der Waals surface area contributed by atoms with Crippen LogP contribution in [-0.2, 0) is 19.1 Å². The molecule has 2 fully saturated rings. The maximum Gasteiger partial charge on any atom is 0.253 e. The van der Waals surface area contributed by atoms with Gasteiger partial charge in [-0.15, -0.1) is 0 Å². The van der Waals surface area contributed by atoms with E-state index in [0.29, 0.717) is 26.1 Å². The number of benzene rings is 1. The number of para-hydroxylation sites is 1. The van der Waals surface area contributed by atoms with E-state index in [9.17, 15) is 19.5 Å². The Kier molecular flexibility index (Phi) is 7.46. The van der Waals surface area contributed by atoms with Gasteiger partial charge in [0.1, 0.15) is 11.6 Å². The van der Waals surface area contributed by atoms with E-state index in [2.05, 4.69) is 0 Å². The van der Waals surface area contributed by atoms with Crippen LogP contribution in [0.5, 0.6) is 0 Å². The molecule has 4 heterocycles. The zero-order valence-corrected chi connectivity index (χ0v) is 24.6. The second-order valence-electron chi connectivity index (χ2n) is 12.1. The Morgan fingerprint density at radius 3 is 2.25 bits per heavy atom. The Bertz CT molecular complexity index is 1240. The number of aliphatic hydroxyl groups excluding tert-OH is 1. The van der Waals surface area contributed by atoms with Crippen LogP contribution in [0.2, 0.25) is 0 Å². The van der Waals surface area contributed by atoms with Gasteiger partial charge in [-0.3, -0.25) is 14.4 Å². The molecule has 1 N–H and O–H groups in total. The van der Waals surface area contributed by atoms with Gasteiger partial charge in [0.2, 0.25) is 11.8 Å². The lowest BCUT2D eigenvalue weighted by Crippen LogP contribution is -2.60. The molecule has 4 aliphatic heterocycles. The molecule has 3 amide bonds. The number of hydrogen-bond acceptors (Lipinski definition) is 5. The molecular weight excluding hydrogens is 506 g/mol. The normalized spacial score (nSPS) is 32.4. The number of ether oxygens (including phenoxy) is 1.